The smallest absolute Gasteiger partial charge is 0.271 e. The summed E-state index contributed by atoms with van der Waals surface area (Å²) in [6.45, 7) is 0. The normalized spacial score (nSPS) is 21.2. The van der Waals surface area contributed by atoms with Gasteiger partial charge in [-0.25, -0.2) is 9.50 Å². The van der Waals surface area contributed by atoms with Crippen LogP contribution in [0.4, 0.5) is 0 Å². The largest absolute Gasteiger partial charge is 0.275 e. The first-order chi connectivity index (χ1) is 7.34. The van der Waals surface area contributed by atoms with E-state index < -0.39 is 0 Å². The molecule has 1 saturated heterocycles. The van der Waals surface area contributed by atoms with Crippen molar-refractivity contribution in [3.63, 3.8) is 0 Å². The van der Waals surface area contributed by atoms with E-state index >= 15 is 0 Å². The van der Waals surface area contributed by atoms with Crippen molar-refractivity contribution < 1.29 is 0 Å². The van der Waals surface area contributed by atoms with Crippen molar-refractivity contribution in [3.8, 4) is 0 Å². The van der Waals surface area contributed by atoms with E-state index in [4.69, 9.17) is 0 Å². The summed E-state index contributed by atoms with van der Waals surface area (Å²) >= 11 is 1.91. The Hall–Kier alpha value is -1.23. The Morgan fingerprint density at radius 1 is 1.53 bits per heavy atom. The third kappa shape index (κ3) is 1.47. The Labute approximate surface area is 90.7 Å². The fourth-order valence-electron chi connectivity index (χ4n) is 1.88. The molecule has 0 amide bonds. The van der Waals surface area contributed by atoms with Gasteiger partial charge in [-0.1, -0.05) is 6.07 Å². The monoisotopic (exact) mass is 221 g/mol. The maximum atomic E-state index is 11.5. The highest BCUT2D eigenvalue weighted by molar-refractivity contribution is 7.99. The molecule has 5 heteroatoms. The highest BCUT2D eigenvalue weighted by Crippen LogP contribution is 2.38. The molecule has 1 N–H and O–H groups in total. The first-order valence-corrected chi connectivity index (χ1v) is 6.09. The summed E-state index contributed by atoms with van der Waals surface area (Å²) < 4.78 is 1.51. The molecule has 1 atom stereocenters. The van der Waals surface area contributed by atoms with E-state index in [2.05, 4.69) is 10.1 Å². The predicted octanol–water partition coefficient (Wildman–Crippen LogP) is 1.59. The second kappa shape index (κ2) is 3.41. The van der Waals surface area contributed by atoms with Gasteiger partial charge in [0.15, 0.2) is 5.65 Å². The van der Waals surface area contributed by atoms with Crippen molar-refractivity contribution in [2.24, 2.45) is 0 Å². The fourth-order valence-corrected chi connectivity index (χ4v) is 3.09. The standard InChI is InChI=1S/C10H11N3OS/c14-9-5-1-4-8-11-10(12-13(8)9)7-3-2-6-15-7/h1,4-5,7H,2-3,6H2,(H,11,12). The number of nitrogens with one attached hydrogen (secondary N) is 1. The second-order valence-corrected chi connectivity index (χ2v) is 4.98. The number of thioether (sulfide) groups is 1. The van der Waals surface area contributed by atoms with Gasteiger partial charge >= 0.3 is 0 Å². The van der Waals surface area contributed by atoms with Gasteiger partial charge in [-0.05, 0) is 24.7 Å². The average molecular weight is 221 g/mol. The van der Waals surface area contributed by atoms with E-state index in [1.54, 1.807) is 6.07 Å². The molecule has 78 valence electrons. The number of hydrogen-bond donors (Lipinski definition) is 1. The number of aromatic amines is 1. The minimum absolute atomic E-state index is 0.0470. The number of aromatic nitrogens is 3. The van der Waals surface area contributed by atoms with Crippen LogP contribution < -0.4 is 5.56 Å². The Kier molecular flexibility index (Phi) is 2.05. The molecule has 2 aromatic rings. The van der Waals surface area contributed by atoms with Gasteiger partial charge in [-0.15, -0.1) is 0 Å². The Morgan fingerprint density at radius 2 is 2.47 bits per heavy atom. The first kappa shape index (κ1) is 9.03. The van der Waals surface area contributed by atoms with Crippen molar-refractivity contribution in [2.75, 3.05) is 5.75 Å². The number of rotatable bonds is 1. The van der Waals surface area contributed by atoms with Crippen LogP contribution in [0.1, 0.15) is 23.9 Å². The number of fused-ring (bicyclic) bond motifs is 1. The van der Waals surface area contributed by atoms with Crippen LogP contribution in [0.25, 0.3) is 5.65 Å². The zero-order chi connectivity index (χ0) is 10.3. The SMILES string of the molecule is O=c1cccc2nc(C3CCCS3)[nH]n12. The Morgan fingerprint density at radius 3 is 3.20 bits per heavy atom. The van der Waals surface area contributed by atoms with Crippen LogP contribution in [-0.4, -0.2) is 20.4 Å². The lowest BCUT2D eigenvalue weighted by Crippen LogP contribution is -2.11. The van der Waals surface area contributed by atoms with Gasteiger partial charge in [-0.2, -0.15) is 11.8 Å². The maximum Gasteiger partial charge on any atom is 0.271 e. The van der Waals surface area contributed by atoms with E-state index in [0.29, 0.717) is 10.9 Å². The molecule has 1 unspecified atom stereocenters. The number of nitrogens with zero attached hydrogens (tertiary/aromatic N) is 2. The highest BCUT2D eigenvalue weighted by atomic mass is 32.2. The zero-order valence-electron chi connectivity index (χ0n) is 8.14. The molecule has 1 aliphatic heterocycles. The lowest BCUT2D eigenvalue weighted by molar-refractivity contribution is 0.765. The highest BCUT2D eigenvalue weighted by Gasteiger charge is 2.21. The second-order valence-electron chi connectivity index (χ2n) is 3.67. The van der Waals surface area contributed by atoms with Crippen LogP contribution in [0, 0.1) is 0 Å². The molecule has 1 fully saturated rings. The third-order valence-corrected chi connectivity index (χ3v) is 4.02. The van der Waals surface area contributed by atoms with E-state index in [9.17, 15) is 4.79 Å². The summed E-state index contributed by atoms with van der Waals surface area (Å²) in [5.41, 5.74) is 0.666. The van der Waals surface area contributed by atoms with Crippen molar-refractivity contribution in [1.29, 1.82) is 0 Å². The maximum absolute atomic E-state index is 11.5. The molecular formula is C10H11N3OS. The van der Waals surface area contributed by atoms with Gasteiger partial charge in [0.1, 0.15) is 5.82 Å². The molecule has 3 rings (SSSR count). The van der Waals surface area contributed by atoms with Crippen LogP contribution >= 0.6 is 11.8 Å². The zero-order valence-corrected chi connectivity index (χ0v) is 8.96. The number of hydrogen-bond acceptors (Lipinski definition) is 3. The topological polar surface area (TPSA) is 50.2 Å². The minimum Gasteiger partial charge on any atom is -0.275 e. The summed E-state index contributed by atoms with van der Waals surface area (Å²) in [5.74, 6) is 2.12. The molecule has 3 heterocycles. The molecule has 0 spiro atoms. The van der Waals surface area contributed by atoms with Crippen molar-refractivity contribution in [3.05, 3.63) is 34.4 Å². The Balaban J connectivity index is 2.13. The van der Waals surface area contributed by atoms with Gasteiger partial charge < -0.3 is 0 Å². The number of pyridine rings is 1. The van der Waals surface area contributed by atoms with Gasteiger partial charge in [0.25, 0.3) is 5.56 Å². The van der Waals surface area contributed by atoms with E-state index in [1.165, 1.54) is 22.8 Å². The minimum atomic E-state index is -0.0470. The van der Waals surface area contributed by atoms with Gasteiger partial charge in [0.2, 0.25) is 0 Å². The van der Waals surface area contributed by atoms with Crippen molar-refractivity contribution in [1.82, 2.24) is 14.6 Å². The van der Waals surface area contributed by atoms with Gasteiger partial charge in [-0.3, -0.25) is 9.89 Å². The van der Waals surface area contributed by atoms with Crippen molar-refractivity contribution in [2.45, 2.75) is 18.1 Å². The fraction of sp³-hybridized carbons (Fsp3) is 0.400. The van der Waals surface area contributed by atoms with Gasteiger partial charge in [0, 0.05) is 6.07 Å². The molecule has 4 nitrogen and oxygen atoms in total. The molecule has 0 aliphatic carbocycles. The summed E-state index contributed by atoms with van der Waals surface area (Å²) in [5, 5.41) is 3.51. The lowest BCUT2D eigenvalue weighted by atomic mass is 10.2. The van der Waals surface area contributed by atoms with E-state index in [1.807, 2.05) is 17.8 Å². The van der Waals surface area contributed by atoms with E-state index in [-0.39, 0.29) is 5.56 Å². The molecule has 0 bridgehead atoms. The molecule has 15 heavy (non-hydrogen) atoms. The molecule has 1 aliphatic rings. The summed E-state index contributed by atoms with van der Waals surface area (Å²) in [6, 6.07) is 5.13. The average Bonchev–Trinajstić information content (AvgIpc) is 2.86. The molecule has 0 aromatic carbocycles. The van der Waals surface area contributed by atoms with Gasteiger partial charge in [0.05, 0.1) is 5.25 Å². The van der Waals surface area contributed by atoms with E-state index in [0.717, 1.165) is 12.2 Å². The quantitative estimate of drug-likeness (QED) is 0.795. The third-order valence-electron chi connectivity index (χ3n) is 2.63. The van der Waals surface area contributed by atoms with Crippen LogP contribution in [0.5, 0.6) is 0 Å². The van der Waals surface area contributed by atoms with Crippen LogP contribution in [0.3, 0.4) is 0 Å². The summed E-state index contributed by atoms with van der Waals surface area (Å²) in [4.78, 5) is 15.9. The van der Waals surface area contributed by atoms with Crippen LogP contribution in [0.15, 0.2) is 23.0 Å². The molecule has 0 radical (unpaired) electrons. The predicted molar refractivity (Wildman–Crippen MR) is 60.2 cm³/mol. The Bertz CT molecular complexity index is 539. The van der Waals surface area contributed by atoms with Crippen LogP contribution in [-0.2, 0) is 0 Å². The molecule has 0 saturated carbocycles. The lowest BCUT2D eigenvalue weighted by Gasteiger charge is -2.01. The number of H-pyrrole nitrogens is 1. The molecular weight excluding hydrogens is 210 g/mol. The summed E-state index contributed by atoms with van der Waals surface area (Å²) in [6.07, 6.45) is 2.39. The first-order valence-electron chi connectivity index (χ1n) is 5.04. The molecule has 2 aromatic heterocycles. The summed E-state index contributed by atoms with van der Waals surface area (Å²) in [7, 11) is 0. The van der Waals surface area contributed by atoms with Crippen LogP contribution in [0.2, 0.25) is 0 Å². The van der Waals surface area contributed by atoms with Crippen molar-refractivity contribution >= 4 is 17.4 Å².